The van der Waals surface area contributed by atoms with Crippen LogP contribution >= 0.6 is 0 Å². The van der Waals surface area contributed by atoms with Crippen molar-refractivity contribution in [3.05, 3.63) is 53.3 Å². The van der Waals surface area contributed by atoms with Crippen LogP contribution in [0.25, 0.3) is 0 Å². The standard InChI is InChI=1S/C16H22N4O2S/c1-13-3-5-14(6-4-13)10-19-11-15-7-8-17-20(15)16(12-19)9-18-23(2,21)22/h3-8,16,18H,9-12H2,1-2H3/t16-/m0/s1. The largest absolute Gasteiger partial charge is 0.291 e. The summed E-state index contributed by atoms with van der Waals surface area (Å²) < 4.78 is 27.3. The highest BCUT2D eigenvalue weighted by atomic mass is 32.2. The highest BCUT2D eigenvalue weighted by Gasteiger charge is 2.26. The van der Waals surface area contributed by atoms with Crippen molar-refractivity contribution in [1.29, 1.82) is 0 Å². The SMILES string of the molecule is Cc1ccc(CN2Cc3ccnn3[C@@H](CNS(C)(=O)=O)C2)cc1. The van der Waals surface area contributed by atoms with Crippen LogP contribution in [0.2, 0.25) is 0 Å². The van der Waals surface area contributed by atoms with Gasteiger partial charge in [-0.05, 0) is 18.6 Å². The molecule has 2 aromatic rings. The summed E-state index contributed by atoms with van der Waals surface area (Å²) in [5.41, 5.74) is 3.63. The number of nitrogens with one attached hydrogen (secondary N) is 1. The van der Waals surface area contributed by atoms with Gasteiger partial charge in [-0.25, -0.2) is 13.1 Å². The van der Waals surface area contributed by atoms with Crippen molar-refractivity contribution in [3.63, 3.8) is 0 Å². The van der Waals surface area contributed by atoms with Crippen LogP contribution in [0.15, 0.2) is 36.5 Å². The lowest BCUT2D eigenvalue weighted by Gasteiger charge is -2.34. The van der Waals surface area contributed by atoms with Crippen LogP contribution < -0.4 is 4.72 Å². The molecule has 0 unspecified atom stereocenters. The Morgan fingerprint density at radius 2 is 2.00 bits per heavy atom. The molecule has 0 spiro atoms. The van der Waals surface area contributed by atoms with Gasteiger partial charge in [0.05, 0.1) is 18.0 Å². The van der Waals surface area contributed by atoms with Gasteiger partial charge in [0.1, 0.15) is 0 Å². The molecule has 1 aliphatic rings. The third-order valence-corrected chi connectivity index (χ3v) is 4.75. The van der Waals surface area contributed by atoms with Crippen molar-refractivity contribution in [1.82, 2.24) is 19.4 Å². The molecule has 0 amide bonds. The van der Waals surface area contributed by atoms with Crippen LogP contribution in [-0.4, -0.2) is 42.4 Å². The summed E-state index contributed by atoms with van der Waals surface area (Å²) in [7, 11) is -3.20. The van der Waals surface area contributed by atoms with E-state index in [4.69, 9.17) is 0 Å². The number of hydrogen-bond donors (Lipinski definition) is 1. The Hall–Kier alpha value is -1.70. The molecule has 6 nitrogen and oxygen atoms in total. The maximum absolute atomic E-state index is 11.4. The van der Waals surface area contributed by atoms with Crippen LogP contribution in [0.1, 0.15) is 22.9 Å². The quantitative estimate of drug-likeness (QED) is 0.895. The first-order chi connectivity index (χ1) is 10.9. The van der Waals surface area contributed by atoms with Crippen LogP contribution in [-0.2, 0) is 23.1 Å². The Labute approximate surface area is 137 Å². The lowest BCUT2D eigenvalue weighted by molar-refractivity contribution is 0.168. The maximum Gasteiger partial charge on any atom is 0.208 e. The van der Waals surface area contributed by atoms with Crippen molar-refractivity contribution in [2.24, 2.45) is 0 Å². The molecule has 0 radical (unpaired) electrons. The van der Waals surface area contributed by atoms with Crippen LogP contribution in [0.4, 0.5) is 0 Å². The Morgan fingerprint density at radius 1 is 1.26 bits per heavy atom. The fourth-order valence-corrected chi connectivity index (χ4v) is 3.43. The number of aryl methyl sites for hydroxylation is 1. The van der Waals surface area contributed by atoms with Crippen molar-refractivity contribution in [2.45, 2.75) is 26.1 Å². The third-order valence-electron chi connectivity index (χ3n) is 4.06. The molecule has 1 aromatic heterocycles. The topological polar surface area (TPSA) is 67.2 Å². The van der Waals surface area contributed by atoms with E-state index in [9.17, 15) is 8.42 Å². The molecule has 1 N–H and O–H groups in total. The average Bonchev–Trinajstić information content (AvgIpc) is 2.95. The van der Waals surface area contributed by atoms with E-state index < -0.39 is 10.0 Å². The summed E-state index contributed by atoms with van der Waals surface area (Å²) in [6.45, 7) is 4.88. The first kappa shape index (κ1) is 16.2. The van der Waals surface area contributed by atoms with Gasteiger partial charge in [-0.3, -0.25) is 9.58 Å². The predicted octanol–water partition coefficient (Wildman–Crippen LogP) is 1.30. The maximum atomic E-state index is 11.4. The predicted molar refractivity (Wildman–Crippen MR) is 89.4 cm³/mol. The smallest absolute Gasteiger partial charge is 0.208 e. The van der Waals surface area contributed by atoms with Gasteiger partial charge >= 0.3 is 0 Å². The molecule has 0 bridgehead atoms. The van der Waals surface area contributed by atoms with Gasteiger partial charge in [0, 0.05) is 32.4 Å². The minimum Gasteiger partial charge on any atom is -0.291 e. The molecule has 1 aliphatic heterocycles. The van der Waals surface area contributed by atoms with E-state index >= 15 is 0 Å². The Balaban J connectivity index is 1.73. The molecule has 23 heavy (non-hydrogen) atoms. The molecule has 0 saturated carbocycles. The minimum atomic E-state index is -3.20. The molecule has 7 heteroatoms. The Kier molecular flexibility index (Phi) is 4.52. The molecular formula is C16H22N4O2S. The monoisotopic (exact) mass is 334 g/mol. The molecule has 2 heterocycles. The zero-order valence-electron chi connectivity index (χ0n) is 13.4. The second kappa shape index (κ2) is 6.43. The number of hydrogen-bond acceptors (Lipinski definition) is 4. The van der Waals surface area contributed by atoms with E-state index in [2.05, 4.69) is 45.9 Å². The van der Waals surface area contributed by atoms with Crippen molar-refractivity contribution >= 4 is 10.0 Å². The normalized spacial score (nSPS) is 18.8. The number of fused-ring (bicyclic) bond motifs is 1. The molecule has 3 rings (SSSR count). The summed E-state index contributed by atoms with van der Waals surface area (Å²) in [6.07, 6.45) is 2.96. The fourth-order valence-electron chi connectivity index (χ4n) is 2.94. The van der Waals surface area contributed by atoms with Crippen molar-refractivity contribution < 1.29 is 8.42 Å². The van der Waals surface area contributed by atoms with Gasteiger partial charge in [0.25, 0.3) is 0 Å². The highest BCUT2D eigenvalue weighted by molar-refractivity contribution is 7.88. The van der Waals surface area contributed by atoms with Crippen LogP contribution in [0.3, 0.4) is 0 Å². The van der Waals surface area contributed by atoms with Gasteiger partial charge in [-0.2, -0.15) is 5.10 Å². The number of sulfonamides is 1. The van der Waals surface area contributed by atoms with E-state index in [1.165, 1.54) is 17.4 Å². The van der Waals surface area contributed by atoms with Crippen molar-refractivity contribution in [3.8, 4) is 0 Å². The van der Waals surface area contributed by atoms with Gasteiger partial charge in [-0.15, -0.1) is 0 Å². The molecular weight excluding hydrogens is 312 g/mol. The van der Waals surface area contributed by atoms with E-state index in [1.54, 1.807) is 6.20 Å². The summed E-state index contributed by atoms with van der Waals surface area (Å²) in [5.74, 6) is 0. The zero-order chi connectivity index (χ0) is 16.4. The lowest BCUT2D eigenvalue weighted by atomic mass is 10.1. The third kappa shape index (κ3) is 4.19. The van der Waals surface area contributed by atoms with Crippen LogP contribution in [0.5, 0.6) is 0 Å². The molecule has 1 aromatic carbocycles. The van der Waals surface area contributed by atoms with Gasteiger partial charge in [0.2, 0.25) is 10.0 Å². The number of aromatic nitrogens is 2. The Morgan fingerprint density at radius 3 is 2.70 bits per heavy atom. The second-order valence-electron chi connectivity index (χ2n) is 6.20. The Bertz CT molecular complexity index is 768. The summed E-state index contributed by atoms with van der Waals surface area (Å²) in [4.78, 5) is 2.33. The van der Waals surface area contributed by atoms with E-state index in [0.717, 1.165) is 25.3 Å². The number of benzene rings is 1. The lowest BCUT2D eigenvalue weighted by Crippen LogP contribution is -2.42. The van der Waals surface area contributed by atoms with Gasteiger partial charge in [-0.1, -0.05) is 29.8 Å². The first-order valence-corrected chi connectivity index (χ1v) is 9.55. The zero-order valence-corrected chi connectivity index (χ0v) is 14.3. The highest BCUT2D eigenvalue weighted by Crippen LogP contribution is 2.21. The minimum absolute atomic E-state index is 0.00826. The van der Waals surface area contributed by atoms with Gasteiger partial charge in [0.15, 0.2) is 0 Å². The molecule has 124 valence electrons. The van der Waals surface area contributed by atoms with Crippen LogP contribution in [0, 0.1) is 6.92 Å². The molecule has 0 saturated heterocycles. The van der Waals surface area contributed by atoms with Crippen molar-refractivity contribution in [2.75, 3.05) is 19.3 Å². The number of nitrogens with zero attached hydrogens (tertiary/aromatic N) is 3. The molecule has 1 atom stereocenters. The average molecular weight is 334 g/mol. The van der Waals surface area contributed by atoms with E-state index in [0.29, 0.717) is 6.54 Å². The fraction of sp³-hybridized carbons (Fsp3) is 0.438. The summed E-state index contributed by atoms with van der Waals surface area (Å²) in [5, 5.41) is 4.35. The number of rotatable bonds is 5. The first-order valence-electron chi connectivity index (χ1n) is 7.65. The van der Waals surface area contributed by atoms with Gasteiger partial charge < -0.3 is 0 Å². The second-order valence-corrected chi connectivity index (χ2v) is 8.03. The van der Waals surface area contributed by atoms with E-state index in [1.807, 2.05) is 10.7 Å². The summed E-state index contributed by atoms with van der Waals surface area (Å²) >= 11 is 0. The molecule has 0 fully saturated rings. The summed E-state index contributed by atoms with van der Waals surface area (Å²) in [6, 6.07) is 10.5. The molecule has 0 aliphatic carbocycles. The van der Waals surface area contributed by atoms with E-state index in [-0.39, 0.29) is 6.04 Å².